The number of nitrogens with one attached hydrogen (secondary N) is 2. The molecule has 6 nitrogen and oxygen atoms in total. The molecule has 2 bridgehead atoms. The van der Waals surface area contributed by atoms with Crippen LogP contribution >= 0.6 is 0 Å². The Morgan fingerprint density at radius 2 is 1.86 bits per heavy atom. The number of amides is 1. The zero-order valence-corrected chi connectivity index (χ0v) is 12.8. The smallest absolute Gasteiger partial charge is 0.224 e. The topological polar surface area (TPSA) is 82.9 Å². The molecule has 1 amide bonds. The second-order valence-electron chi connectivity index (χ2n) is 6.58. The molecule has 0 aromatic heterocycles. The lowest BCUT2D eigenvalue weighted by atomic mass is 9.82. The van der Waals surface area contributed by atoms with Gasteiger partial charge in [0.2, 0.25) is 5.91 Å². The molecule has 22 heavy (non-hydrogen) atoms. The Balaban J connectivity index is 1.43. The summed E-state index contributed by atoms with van der Waals surface area (Å²) in [7, 11) is 0. The maximum Gasteiger partial charge on any atom is 0.224 e. The van der Waals surface area contributed by atoms with Gasteiger partial charge in [0.25, 0.3) is 0 Å². The molecule has 3 aliphatic rings. The number of fused-ring (bicyclic) bond motifs is 2. The first-order chi connectivity index (χ1) is 10.7. The predicted molar refractivity (Wildman–Crippen MR) is 76.7 cm³/mol. The van der Waals surface area contributed by atoms with Gasteiger partial charge in [0.1, 0.15) is 13.1 Å². The highest BCUT2D eigenvalue weighted by atomic mass is 16.5. The highest BCUT2D eigenvalue weighted by Crippen LogP contribution is 2.47. The van der Waals surface area contributed by atoms with Gasteiger partial charge in [-0.05, 0) is 18.3 Å². The SMILES string of the molecule is O=C([O-])[C@@H]1[C@@H](C(=O)NCCC[NH+]2CCOCC2)[C@H]2C=C[C@H]1C2. The quantitative estimate of drug-likeness (QED) is 0.423. The largest absolute Gasteiger partial charge is 0.550 e. The molecule has 6 heteroatoms. The summed E-state index contributed by atoms with van der Waals surface area (Å²) in [5.74, 6) is -2.27. The van der Waals surface area contributed by atoms with Crippen molar-refractivity contribution in [2.75, 3.05) is 39.4 Å². The van der Waals surface area contributed by atoms with E-state index in [0.717, 1.165) is 45.7 Å². The molecular weight excluding hydrogens is 284 g/mol. The molecule has 3 rings (SSSR count). The first-order valence-electron chi connectivity index (χ1n) is 8.25. The van der Waals surface area contributed by atoms with Crippen molar-refractivity contribution in [1.29, 1.82) is 0 Å². The van der Waals surface area contributed by atoms with E-state index in [0.29, 0.717) is 6.54 Å². The van der Waals surface area contributed by atoms with E-state index < -0.39 is 17.8 Å². The zero-order chi connectivity index (χ0) is 15.5. The lowest BCUT2D eigenvalue weighted by molar-refractivity contribution is -0.908. The van der Waals surface area contributed by atoms with E-state index in [1.165, 1.54) is 4.90 Å². The fraction of sp³-hybridized carbons (Fsp3) is 0.750. The van der Waals surface area contributed by atoms with Gasteiger partial charge < -0.3 is 24.9 Å². The standard InChI is InChI=1S/C16H24N2O4/c19-15(17-4-1-5-18-6-8-22-9-7-18)13-11-2-3-12(10-11)14(13)16(20)21/h2-3,11-14H,1,4-10H2,(H,17,19)(H,20,21)/t11-,12-,13-,14-/m0/s1. The van der Waals surface area contributed by atoms with Gasteiger partial charge in [-0.2, -0.15) is 0 Å². The molecule has 0 unspecified atom stereocenters. The monoisotopic (exact) mass is 308 g/mol. The van der Waals surface area contributed by atoms with Crippen molar-refractivity contribution in [2.24, 2.45) is 23.7 Å². The molecule has 0 aromatic rings. The molecule has 1 saturated carbocycles. The number of hydrogen-bond acceptors (Lipinski definition) is 4. The molecule has 2 fully saturated rings. The lowest BCUT2D eigenvalue weighted by Gasteiger charge is -2.28. The van der Waals surface area contributed by atoms with E-state index in [9.17, 15) is 14.7 Å². The van der Waals surface area contributed by atoms with Crippen LogP contribution in [-0.2, 0) is 14.3 Å². The molecule has 1 saturated heterocycles. The van der Waals surface area contributed by atoms with Crippen LogP contribution in [0.15, 0.2) is 12.2 Å². The molecule has 0 radical (unpaired) electrons. The van der Waals surface area contributed by atoms with Crippen molar-refractivity contribution >= 4 is 11.9 Å². The van der Waals surface area contributed by atoms with Crippen molar-refractivity contribution in [3.05, 3.63) is 12.2 Å². The van der Waals surface area contributed by atoms with Crippen LogP contribution in [0.25, 0.3) is 0 Å². The molecule has 0 spiro atoms. The lowest BCUT2D eigenvalue weighted by Crippen LogP contribution is -3.14. The van der Waals surface area contributed by atoms with Gasteiger partial charge >= 0.3 is 0 Å². The van der Waals surface area contributed by atoms with Gasteiger partial charge in [-0.1, -0.05) is 12.2 Å². The number of carbonyl (C=O) groups excluding carboxylic acids is 2. The highest BCUT2D eigenvalue weighted by molar-refractivity contribution is 5.86. The molecule has 122 valence electrons. The van der Waals surface area contributed by atoms with Crippen LogP contribution in [0.5, 0.6) is 0 Å². The summed E-state index contributed by atoms with van der Waals surface area (Å²) >= 11 is 0. The van der Waals surface area contributed by atoms with Gasteiger partial charge in [0, 0.05) is 24.9 Å². The summed E-state index contributed by atoms with van der Waals surface area (Å²) in [6.45, 7) is 5.30. The number of carboxylic acid groups (broad SMARTS) is 1. The van der Waals surface area contributed by atoms with Crippen LogP contribution < -0.4 is 15.3 Å². The van der Waals surface area contributed by atoms with Gasteiger partial charge in [-0.3, -0.25) is 4.79 Å². The second-order valence-corrected chi connectivity index (χ2v) is 6.58. The van der Waals surface area contributed by atoms with Crippen LogP contribution in [-0.4, -0.2) is 51.3 Å². The van der Waals surface area contributed by atoms with Gasteiger partial charge in [-0.15, -0.1) is 0 Å². The molecule has 1 heterocycles. The van der Waals surface area contributed by atoms with Gasteiger partial charge in [-0.25, -0.2) is 0 Å². The summed E-state index contributed by atoms with van der Waals surface area (Å²) < 4.78 is 5.32. The van der Waals surface area contributed by atoms with Crippen molar-refractivity contribution < 1.29 is 24.3 Å². The Labute approximate surface area is 130 Å². The zero-order valence-electron chi connectivity index (χ0n) is 12.8. The maximum absolute atomic E-state index is 12.3. The van der Waals surface area contributed by atoms with E-state index in [1.807, 2.05) is 12.2 Å². The van der Waals surface area contributed by atoms with Crippen LogP contribution in [0.2, 0.25) is 0 Å². The Morgan fingerprint density at radius 3 is 2.55 bits per heavy atom. The minimum atomic E-state index is -1.09. The minimum Gasteiger partial charge on any atom is -0.550 e. The first-order valence-corrected chi connectivity index (χ1v) is 8.25. The molecule has 1 aliphatic heterocycles. The summed E-state index contributed by atoms with van der Waals surface area (Å²) in [5.41, 5.74) is 0. The van der Waals surface area contributed by atoms with Crippen LogP contribution in [0.3, 0.4) is 0 Å². The van der Waals surface area contributed by atoms with Crippen molar-refractivity contribution in [2.45, 2.75) is 12.8 Å². The van der Waals surface area contributed by atoms with Crippen molar-refractivity contribution in [1.82, 2.24) is 5.32 Å². The number of aliphatic carboxylic acids is 1. The predicted octanol–water partition coefficient (Wildman–Crippen LogP) is -2.40. The Hall–Kier alpha value is -1.40. The van der Waals surface area contributed by atoms with Gasteiger partial charge in [0.05, 0.1) is 25.7 Å². The normalized spacial score (nSPS) is 34.0. The van der Waals surface area contributed by atoms with E-state index in [4.69, 9.17) is 4.74 Å². The van der Waals surface area contributed by atoms with Crippen LogP contribution in [0.1, 0.15) is 12.8 Å². The van der Waals surface area contributed by atoms with Crippen molar-refractivity contribution in [3.8, 4) is 0 Å². The average Bonchev–Trinajstić information content (AvgIpc) is 3.13. The maximum atomic E-state index is 12.3. The van der Waals surface area contributed by atoms with Crippen LogP contribution in [0.4, 0.5) is 0 Å². The number of carboxylic acids is 1. The van der Waals surface area contributed by atoms with E-state index >= 15 is 0 Å². The number of rotatable bonds is 6. The molecule has 4 atom stereocenters. The van der Waals surface area contributed by atoms with E-state index in [1.54, 1.807) is 0 Å². The molecule has 0 aromatic carbocycles. The Kier molecular flexibility index (Phi) is 4.78. The first kappa shape index (κ1) is 15.5. The van der Waals surface area contributed by atoms with Gasteiger partial charge in [0.15, 0.2) is 0 Å². The minimum absolute atomic E-state index is 0.0245. The number of allylic oxidation sites excluding steroid dienone is 2. The van der Waals surface area contributed by atoms with E-state index in [-0.39, 0.29) is 17.7 Å². The van der Waals surface area contributed by atoms with Crippen LogP contribution in [0, 0.1) is 23.7 Å². The second kappa shape index (κ2) is 6.79. The molecule has 2 N–H and O–H groups in total. The molecule has 2 aliphatic carbocycles. The summed E-state index contributed by atoms with van der Waals surface area (Å²) in [4.78, 5) is 25.2. The molecular formula is C16H24N2O4. The average molecular weight is 308 g/mol. The number of ether oxygens (including phenoxy) is 1. The number of quaternary nitrogens is 1. The number of hydrogen-bond donors (Lipinski definition) is 2. The fourth-order valence-corrected chi connectivity index (χ4v) is 4.08. The Morgan fingerprint density at radius 1 is 1.18 bits per heavy atom. The van der Waals surface area contributed by atoms with E-state index in [2.05, 4.69) is 5.32 Å². The summed E-state index contributed by atoms with van der Waals surface area (Å²) in [5, 5.41) is 14.2. The third-order valence-corrected chi connectivity index (χ3v) is 5.24. The third kappa shape index (κ3) is 3.17. The Bertz CT molecular complexity index is 459. The highest BCUT2D eigenvalue weighted by Gasteiger charge is 2.48. The summed E-state index contributed by atoms with van der Waals surface area (Å²) in [6, 6.07) is 0. The third-order valence-electron chi connectivity index (χ3n) is 5.24. The fourth-order valence-electron chi connectivity index (χ4n) is 4.08. The number of morpholine rings is 1. The van der Waals surface area contributed by atoms with Crippen molar-refractivity contribution in [3.63, 3.8) is 0 Å². The number of carbonyl (C=O) groups is 2. The summed E-state index contributed by atoms with van der Waals surface area (Å²) in [6.07, 6.45) is 5.60.